The minimum absolute atomic E-state index is 0.393. The number of aromatic nitrogens is 2. The van der Waals surface area contributed by atoms with Crippen LogP contribution >= 0.6 is 0 Å². The fraction of sp³-hybridized carbons (Fsp3) is 0. The van der Waals surface area contributed by atoms with E-state index in [1.165, 1.54) is 24.8 Å². The van der Waals surface area contributed by atoms with Crippen molar-refractivity contribution in [1.82, 2.24) is 9.71 Å². The minimum atomic E-state index is 0.393. The van der Waals surface area contributed by atoms with Gasteiger partial charge in [0, 0.05) is 22.7 Å². The molecule has 6 nitrogen and oxygen atoms in total. The van der Waals surface area contributed by atoms with Crippen molar-refractivity contribution >= 4 is 27.4 Å². The fourth-order valence-corrected chi connectivity index (χ4v) is 5.22. The zero-order chi connectivity index (χ0) is 25.6. The number of hydrogen-bond donors (Lipinski definition) is 0. The molecule has 1 aliphatic rings. The largest absolute Gasteiger partial charge is 0.805 e. The normalized spacial score (nSPS) is 12.9. The molecule has 0 fully saturated rings. The lowest BCUT2D eigenvalue weighted by molar-refractivity contribution is -0.343. The third-order valence-electron chi connectivity index (χ3n) is 7.01. The van der Waals surface area contributed by atoms with Crippen LogP contribution in [0.2, 0.25) is 0 Å². The van der Waals surface area contributed by atoms with Gasteiger partial charge >= 0.3 is 5.84 Å². The van der Waals surface area contributed by atoms with Crippen LogP contribution in [0.3, 0.4) is 0 Å². The maximum Gasteiger partial charge on any atom is 0.373 e. The number of aliphatic imine (C=N–C) groups is 1. The zero-order valence-corrected chi connectivity index (χ0v) is 20.2. The number of imidazole rings is 1. The van der Waals surface area contributed by atoms with Gasteiger partial charge in [0.2, 0.25) is 0 Å². The first kappa shape index (κ1) is 21.9. The number of hydrogen-bond acceptors (Lipinski definition) is 4. The van der Waals surface area contributed by atoms with Gasteiger partial charge in [-0.2, -0.15) is 0 Å². The third kappa shape index (κ3) is 3.50. The standard InChI is InChI=1S/C32H20N4O2/c37-35-18-16-33-31(35)23-12-8-21(9-13-23)26-6-3-7-28-29(26)20-25-4-1-2-5-27(25)30(28)22-10-14-24(15-11-22)32-34-17-19-36(32)38/h1-20H. The lowest BCUT2D eigenvalue weighted by atomic mass is 9.88. The smallest absolute Gasteiger partial charge is 0.373 e. The average molecular weight is 493 g/mol. The Morgan fingerprint density at radius 3 is 2.16 bits per heavy atom. The van der Waals surface area contributed by atoms with Gasteiger partial charge in [0.15, 0.2) is 12.4 Å². The van der Waals surface area contributed by atoms with Crippen LogP contribution in [0, 0.1) is 10.1 Å². The van der Waals surface area contributed by atoms with E-state index in [-0.39, 0.29) is 0 Å². The Morgan fingerprint density at radius 2 is 1.42 bits per heavy atom. The highest BCUT2D eigenvalue weighted by atomic mass is 16.5. The zero-order valence-electron chi connectivity index (χ0n) is 20.2. The number of fused-ring (bicyclic) bond motifs is 2. The quantitative estimate of drug-likeness (QED) is 0.188. The Morgan fingerprint density at radius 1 is 0.711 bits per heavy atom. The summed E-state index contributed by atoms with van der Waals surface area (Å²) in [5.74, 6) is 0.787. The van der Waals surface area contributed by atoms with E-state index in [9.17, 15) is 10.1 Å². The Kier molecular flexibility index (Phi) is 4.97. The SMILES string of the molecule is O=[N+]1C=CN=C1c1ccc(-c2cccc3c(-c4ccc(-c5nccn5[O-])cc4)c4ccccc4cc23)cc1. The summed E-state index contributed by atoms with van der Waals surface area (Å²) in [6.45, 7) is 0. The predicted octanol–water partition coefficient (Wildman–Crippen LogP) is 7.55. The molecule has 0 aliphatic carbocycles. The van der Waals surface area contributed by atoms with Gasteiger partial charge in [0.25, 0.3) is 0 Å². The van der Waals surface area contributed by atoms with Crippen LogP contribution in [0.5, 0.6) is 0 Å². The van der Waals surface area contributed by atoms with Crippen molar-refractivity contribution in [3.63, 3.8) is 0 Å². The van der Waals surface area contributed by atoms with Gasteiger partial charge < -0.3 is 9.94 Å². The van der Waals surface area contributed by atoms with E-state index >= 15 is 0 Å². The first-order chi connectivity index (χ1) is 18.7. The van der Waals surface area contributed by atoms with Gasteiger partial charge in [0.1, 0.15) is 5.82 Å². The molecule has 0 bridgehead atoms. The van der Waals surface area contributed by atoms with E-state index < -0.39 is 0 Å². The minimum Gasteiger partial charge on any atom is -0.805 e. The van der Waals surface area contributed by atoms with E-state index in [0.29, 0.717) is 11.7 Å². The number of nitroso groups, excluding NO2 is 1. The number of amidine groups is 1. The van der Waals surface area contributed by atoms with Gasteiger partial charge in [0.05, 0.1) is 5.56 Å². The molecule has 1 aliphatic heterocycles. The topological polar surface area (TPSA) is 73.3 Å². The van der Waals surface area contributed by atoms with Crippen molar-refractivity contribution in [1.29, 1.82) is 0 Å². The first-order valence-electron chi connectivity index (χ1n) is 12.3. The molecular formula is C32H20N4O2. The van der Waals surface area contributed by atoms with Crippen LogP contribution in [-0.2, 0) is 0 Å². The maximum atomic E-state index is 12.0. The molecule has 0 N–H and O–H groups in total. The highest BCUT2D eigenvalue weighted by Gasteiger charge is 2.23. The monoisotopic (exact) mass is 492 g/mol. The predicted molar refractivity (Wildman–Crippen MR) is 152 cm³/mol. The summed E-state index contributed by atoms with van der Waals surface area (Å²) in [5.41, 5.74) is 5.92. The summed E-state index contributed by atoms with van der Waals surface area (Å²) in [7, 11) is 0. The third-order valence-corrected chi connectivity index (χ3v) is 7.01. The highest BCUT2D eigenvalue weighted by Crippen LogP contribution is 2.40. The van der Waals surface area contributed by atoms with E-state index in [2.05, 4.69) is 70.6 Å². The Balaban J connectivity index is 1.39. The average Bonchev–Trinajstić information content (AvgIpc) is 3.59. The molecule has 6 aromatic rings. The van der Waals surface area contributed by atoms with Gasteiger partial charge in [-0.05, 0) is 67.0 Å². The molecule has 0 spiro atoms. The number of nitrogens with zero attached hydrogens (tertiary/aromatic N) is 4. The number of rotatable bonds is 4. The molecule has 180 valence electrons. The molecular weight excluding hydrogens is 472 g/mol. The van der Waals surface area contributed by atoms with Crippen molar-refractivity contribution in [2.75, 3.05) is 0 Å². The molecule has 0 saturated heterocycles. The van der Waals surface area contributed by atoms with Crippen molar-refractivity contribution in [3.8, 4) is 33.6 Å². The molecule has 1 aromatic heterocycles. The van der Waals surface area contributed by atoms with Crippen molar-refractivity contribution < 1.29 is 4.76 Å². The molecule has 0 amide bonds. The van der Waals surface area contributed by atoms with Gasteiger partial charge in [-0.25, -0.2) is 4.98 Å². The fourth-order valence-electron chi connectivity index (χ4n) is 5.22. The van der Waals surface area contributed by atoms with Crippen LogP contribution in [0.4, 0.5) is 0 Å². The first-order valence-corrected chi connectivity index (χ1v) is 12.3. The van der Waals surface area contributed by atoms with E-state index in [0.717, 1.165) is 64.4 Å². The molecule has 38 heavy (non-hydrogen) atoms. The van der Waals surface area contributed by atoms with Crippen molar-refractivity contribution in [3.05, 3.63) is 138 Å². The molecule has 0 atom stereocenters. The van der Waals surface area contributed by atoms with E-state index in [1.807, 2.05) is 36.4 Å². The van der Waals surface area contributed by atoms with Crippen LogP contribution in [0.1, 0.15) is 5.56 Å². The van der Waals surface area contributed by atoms with E-state index in [4.69, 9.17) is 0 Å². The van der Waals surface area contributed by atoms with Crippen LogP contribution in [0.25, 0.3) is 55.2 Å². The van der Waals surface area contributed by atoms with Gasteiger partial charge in [-0.3, -0.25) is 0 Å². The summed E-state index contributed by atoms with van der Waals surface area (Å²) in [6.07, 6.45) is 5.83. The maximum absolute atomic E-state index is 12.0. The second-order valence-electron chi connectivity index (χ2n) is 9.18. The van der Waals surface area contributed by atoms with E-state index in [1.54, 1.807) is 0 Å². The molecule has 0 saturated carbocycles. The molecule has 5 aromatic carbocycles. The Bertz CT molecular complexity index is 1930. The Hall–Kier alpha value is -5.36. The summed E-state index contributed by atoms with van der Waals surface area (Å²) in [5, 5.41) is 16.6. The second kappa shape index (κ2) is 8.64. The molecule has 2 heterocycles. The molecule has 6 heteroatoms. The Labute approximate surface area is 218 Å². The molecule has 0 radical (unpaired) electrons. The lowest BCUT2D eigenvalue weighted by Crippen LogP contribution is -2.09. The van der Waals surface area contributed by atoms with Gasteiger partial charge in [-0.15, -0.1) is 0 Å². The summed E-state index contributed by atoms with van der Waals surface area (Å²) < 4.78 is 1.56. The van der Waals surface area contributed by atoms with Gasteiger partial charge in [-0.1, -0.05) is 83.8 Å². The van der Waals surface area contributed by atoms with Crippen LogP contribution in [0.15, 0.2) is 127 Å². The molecule has 7 rings (SSSR count). The van der Waals surface area contributed by atoms with Crippen LogP contribution < -0.4 is 0 Å². The van der Waals surface area contributed by atoms with Crippen molar-refractivity contribution in [2.24, 2.45) is 4.99 Å². The summed E-state index contributed by atoms with van der Waals surface area (Å²) in [4.78, 5) is 20.3. The number of benzene rings is 5. The lowest BCUT2D eigenvalue weighted by Gasteiger charge is -2.16. The van der Waals surface area contributed by atoms with Crippen LogP contribution in [-0.4, -0.2) is 20.3 Å². The summed E-state index contributed by atoms with van der Waals surface area (Å²) in [6, 6.07) is 32.9. The molecule has 0 unspecified atom stereocenters. The second-order valence-corrected chi connectivity index (χ2v) is 9.18. The highest BCUT2D eigenvalue weighted by molar-refractivity contribution is 6.16. The van der Waals surface area contributed by atoms with Crippen molar-refractivity contribution in [2.45, 2.75) is 0 Å². The summed E-state index contributed by atoms with van der Waals surface area (Å²) >= 11 is 0.